The third-order valence-corrected chi connectivity index (χ3v) is 5.25. The van der Waals surface area contributed by atoms with Gasteiger partial charge in [-0.2, -0.15) is 8.42 Å². The fraction of sp³-hybridized carbons (Fsp3) is 0.667. The highest BCUT2D eigenvalue weighted by Crippen LogP contribution is 2.27. The van der Waals surface area contributed by atoms with Crippen LogP contribution in [0.4, 0.5) is 5.69 Å². The number of hydrogen-bond donors (Lipinski definition) is 3. The molecule has 0 fully saturated rings. The lowest BCUT2D eigenvalue weighted by Gasteiger charge is -2.39. The van der Waals surface area contributed by atoms with Crippen LogP contribution in [0.5, 0.6) is 0 Å². The van der Waals surface area contributed by atoms with E-state index < -0.39 is 10.1 Å². The molecule has 1 rings (SSSR count). The van der Waals surface area contributed by atoms with Crippen LogP contribution < -0.4 is 4.90 Å². The third kappa shape index (κ3) is 6.58. The van der Waals surface area contributed by atoms with E-state index in [2.05, 4.69) is 13.8 Å². The van der Waals surface area contributed by atoms with Crippen LogP contribution in [0.1, 0.15) is 52.4 Å². The van der Waals surface area contributed by atoms with Crippen molar-refractivity contribution in [2.45, 2.75) is 69.4 Å². The maximum Gasteiger partial charge on any atom is 0.294 e. The Labute approximate surface area is 151 Å². The molecule has 0 radical (unpaired) electrons. The van der Waals surface area contributed by atoms with E-state index in [1.807, 2.05) is 4.90 Å². The summed E-state index contributed by atoms with van der Waals surface area (Å²) in [5.74, 6) is 0. The number of benzene rings is 1. The third-order valence-electron chi connectivity index (χ3n) is 4.40. The van der Waals surface area contributed by atoms with Gasteiger partial charge in [-0.15, -0.1) is 0 Å². The topological polar surface area (TPSA) is 98.1 Å². The maximum atomic E-state index is 11.5. The van der Waals surface area contributed by atoms with Crippen molar-refractivity contribution in [2.75, 3.05) is 18.1 Å². The second-order valence-corrected chi connectivity index (χ2v) is 7.76. The van der Waals surface area contributed by atoms with Crippen LogP contribution in [0.3, 0.4) is 0 Å². The van der Waals surface area contributed by atoms with E-state index >= 15 is 0 Å². The van der Waals surface area contributed by atoms with Gasteiger partial charge in [-0.05, 0) is 31.0 Å². The molecule has 0 saturated heterocycles. The molecule has 7 heteroatoms. The zero-order valence-corrected chi connectivity index (χ0v) is 16.0. The van der Waals surface area contributed by atoms with Crippen molar-refractivity contribution in [1.29, 1.82) is 0 Å². The van der Waals surface area contributed by atoms with Gasteiger partial charge in [-0.1, -0.05) is 45.6 Å². The minimum atomic E-state index is -4.31. The van der Waals surface area contributed by atoms with Crippen molar-refractivity contribution in [3.63, 3.8) is 0 Å². The molecule has 1 aromatic rings. The van der Waals surface area contributed by atoms with E-state index in [0.29, 0.717) is 5.69 Å². The van der Waals surface area contributed by atoms with Crippen molar-refractivity contribution in [3.8, 4) is 0 Å². The summed E-state index contributed by atoms with van der Waals surface area (Å²) >= 11 is 0. The summed E-state index contributed by atoms with van der Waals surface area (Å²) in [6.07, 6.45) is 5.29. The van der Waals surface area contributed by atoms with Crippen LogP contribution in [0.2, 0.25) is 0 Å². The molecule has 0 spiro atoms. The van der Waals surface area contributed by atoms with Crippen LogP contribution >= 0.6 is 0 Å². The summed E-state index contributed by atoms with van der Waals surface area (Å²) in [5.41, 5.74) is 0.584. The molecule has 0 aliphatic rings. The molecule has 0 saturated carbocycles. The molecule has 2 unspecified atom stereocenters. The first-order chi connectivity index (χ1) is 11.9. The molecule has 144 valence electrons. The van der Waals surface area contributed by atoms with Crippen LogP contribution in [0.15, 0.2) is 29.2 Å². The summed E-state index contributed by atoms with van der Waals surface area (Å²) < 4.78 is 32.3. The van der Waals surface area contributed by atoms with Gasteiger partial charge in [0.2, 0.25) is 0 Å². The first-order valence-corrected chi connectivity index (χ1v) is 10.4. The summed E-state index contributed by atoms with van der Waals surface area (Å²) in [6, 6.07) is 5.61. The first-order valence-electron chi connectivity index (χ1n) is 8.96. The SMILES string of the molecule is CCCCC(CO)N(c1cccc(S(=O)(=O)O)c1)C(CO)CCCC. The molecule has 2 atom stereocenters. The number of anilines is 1. The van der Waals surface area contributed by atoms with Gasteiger partial charge in [0.1, 0.15) is 0 Å². The molecule has 0 amide bonds. The standard InChI is InChI=1S/C18H31NO5S/c1-3-5-8-16(13-20)19(17(14-21)9-6-4-2)15-10-7-11-18(12-15)25(22,23)24/h7,10-12,16-17,20-21H,3-6,8-9,13-14H2,1-2H3,(H,22,23,24). The highest BCUT2D eigenvalue weighted by Gasteiger charge is 2.26. The van der Waals surface area contributed by atoms with Gasteiger partial charge in [0.25, 0.3) is 10.1 Å². The predicted octanol–water partition coefficient (Wildman–Crippen LogP) is 2.84. The van der Waals surface area contributed by atoms with Crippen LogP contribution in [0.25, 0.3) is 0 Å². The quantitative estimate of drug-likeness (QED) is 0.487. The zero-order valence-electron chi connectivity index (χ0n) is 15.1. The van der Waals surface area contributed by atoms with Crippen LogP contribution in [-0.4, -0.2) is 48.5 Å². The van der Waals surface area contributed by atoms with Crippen LogP contribution in [0, 0.1) is 0 Å². The van der Waals surface area contributed by atoms with Gasteiger partial charge >= 0.3 is 0 Å². The lowest BCUT2D eigenvalue weighted by molar-refractivity contribution is 0.208. The molecule has 0 aromatic heterocycles. The Hall–Kier alpha value is -1.15. The first kappa shape index (κ1) is 21.9. The van der Waals surface area contributed by atoms with Gasteiger partial charge in [0.05, 0.1) is 30.2 Å². The Balaban J connectivity index is 3.28. The predicted molar refractivity (Wildman–Crippen MR) is 99.5 cm³/mol. The second kappa shape index (κ2) is 10.8. The summed E-state index contributed by atoms with van der Waals surface area (Å²) in [6.45, 7) is 3.97. The molecule has 6 nitrogen and oxygen atoms in total. The van der Waals surface area contributed by atoms with Gasteiger partial charge in [-0.25, -0.2) is 0 Å². The summed E-state index contributed by atoms with van der Waals surface area (Å²) in [4.78, 5) is 1.73. The van der Waals surface area contributed by atoms with Crippen molar-refractivity contribution in [1.82, 2.24) is 0 Å². The number of rotatable bonds is 12. The molecule has 3 N–H and O–H groups in total. The Morgan fingerprint density at radius 1 is 1.00 bits per heavy atom. The second-order valence-electron chi connectivity index (χ2n) is 6.34. The molecule has 0 bridgehead atoms. The Bertz CT molecular complexity index is 589. The lowest BCUT2D eigenvalue weighted by atomic mass is 10.0. The summed E-state index contributed by atoms with van der Waals surface area (Å²) in [5, 5.41) is 19.8. The molecule has 25 heavy (non-hydrogen) atoms. The minimum Gasteiger partial charge on any atom is -0.394 e. The lowest BCUT2D eigenvalue weighted by Crippen LogP contribution is -2.47. The van der Waals surface area contributed by atoms with E-state index in [4.69, 9.17) is 0 Å². The summed E-state index contributed by atoms with van der Waals surface area (Å²) in [7, 11) is -4.31. The Morgan fingerprint density at radius 2 is 1.52 bits per heavy atom. The van der Waals surface area contributed by atoms with Crippen molar-refractivity contribution < 1.29 is 23.2 Å². The minimum absolute atomic E-state index is 0.0846. The van der Waals surface area contributed by atoms with Crippen molar-refractivity contribution >= 4 is 15.8 Å². The number of aliphatic hydroxyl groups excluding tert-OH is 2. The van der Waals surface area contributed by atoms with Gasteiger partial charge in [-0.3, -0.25) is 4.55 Å². The van der Waals surface area contributed by atoms with Crippen molar-refractivity contribution in [3.05, 3.63) is 24.3 Å². The largest absolute Gasteiger partial charge is 0.394 e. The van der Waals surface area contributed by atoms with E-state index in [0.717, 1.165) is 38.5 Å². The van der Waals surface area contributed by atoms with Crippen LogP contribution in [-0.2, 0) is 10.1 Å². The molecule has 0 aliphatic heterocycles. The average Bonchev–Trinajstić information content (AvgIpc) is 2.60. The fourth-order valence-corrected chi connectivity index (χ4v) is 3.56. The van der Waals surface area contributed by atoms with Gasteiger partial charge in [0, 0.05) is 5.69 Å². The van der Waals surface area contributed by atoms with E-state index in [9.17, 15) is 23.2 Å². The highest BCUT2D eigenvalue weighted by molar-refractivity contribution is 7.85. The number of unbranched alkanes of at least 4 members (excludes halogenated alkanes) is 2. The molecular formula is C18H31NO5S. The molecule has 1 aromatic carbocycles. The monoisotopic (exact) mass is 373 g/mol. The van der Waals surface area contributed by atoms with Gasteiger partial charge < -0.3 is 15.1 Å². The molecule has 0 aliphatic carbocycles. The van der Waals surface area contributed by atoms with Gasteiger partial charge in [0.15, 0.2) is 0 Å². The highest BCUT2D eigenvalue weighted by atomic mass is 32.2. The Kier molecular flexibility index (Phi) is 9.42. The molecule has 0 heterocycles. The number of aliphatic hydroxyl groups is 2. The Morgan fingerprint density at radius 3 is 1.92 bits per heavy atom. The van der Waals surface area contributed by atoms with E-state index in [-0.39, 0.29) is 30.2 Å². The normalized spacial score (nSPS) is 14.3. The average molecular weight is 374 g/mol. The molecular weight excluding hydrogens is 342 g/mol. The fourth-order valence-electron chi connectivity index (χ4n) is 3.04. The van der Waals surface area contributed by atoms with E-state index in [1.165, 1.54) is 12.1 Å². The van der Waals surface area contributed by atoms with Crippen molar-refractivity contribution in [2.24, 2.45) is 0 Å². The number of hydrogen-bond acceptors (Lipinski definition) is 5. The van der Waals surface area contributed by atoms with E-state index in [1.54, 1.807) is 12.1 Å². The maximum absolute atomic E-state index is 11.5. The smallest absolute Gasteiger partial charge is 0.294 e. The number of nitrogens with zero attached hydrogens (tertiary/aromatic N) is 1. The zero-order chi connectivity index (χ0) is 18.9.